The van der Waals surface area contributed by atoms with Crippen LogP contribution in [0, 0.1) is 0 Å². The van der Waals surface area contributed by atoms with Gasteiger partial charge < -0.3 is 15.0 Å². The maximum absolute atomic E-state index is 12.5. The van der Waals surface area contributed by atoms with Crippen molar-refractivity contribution >= 4 is 11.8 Å². The van der Waals surface area contributed by atoms with Crippen molar-refractivity contribution in [1.82, 2.24) is 10.2 Å². The molecule has 0 radical (unpaired) electrons. The average molecular weight is 256 g/mol. The van der Waals surface area contributed by atoms with Crippen molar-refractivity contribution in [2.24, 2.45) is 0 Å². The normalized spacial score (nSPS) is 26.8. The highest BCUT2D eigenvalue weighted by molar-refractivity contribution is 5.93. The van der Waals surface area contributed by atoms with E-state index in [2.05, 4.69) is 5.32 Å². The zero-order valence-electron chi connectivity index (χ0n) is 11.8. The number of carbonyl (C=O) groups excluding carboxylic acids is 2. The Morgan fingerprint density at radius 3 is 2.67 bits per heavy atom. The van der Waals surface area contributed by atoms with Crippen LogP contribution < -0.4 is 5.32 Å². The highest BCUT2D eigenvalue weighted by Crippen LogP contribution is 2.19. The van der Waals surface area contributed by atoms with E-state index in [9.17, 15) is 9.59 Å². The van der Waals surface area contributed by atoms with Crippen molar-refractivity contribution in [3.05, 3.63) is 0 Å². The monoisotopic (exact) mass is 256 g/mol. The number of nitrogens with zero attached hydrogens (tertiary/aromatic N) is 1. The van der Waals surface area contributed by atoms with Crippen LogP contribution in [0.2, 0.25) is 0 Å². The van der Waals surface area contributed by atoms with E-state index in [1.165, 1.54) is 0 Å². The lowest BCUT2D eigenvalue weighted by atomic mass is 9.96. The molecule has 0 aromatic rings. The summed E-state index contributed by atoms with van der Waals surface area (Å²) in [5, 5.41) is 2.82. The van der Waals surface area contributed by atoms with Crippen molar-refractivity contribution in [2.75, 3.05) is 19.8 Å². The zero-order valence-corrected chi connectivity index (χ0v) is 11.8. The molecule has 18 heavy (non-hydrogen) atoms. The first-order valence-electron chi connectivity index (χ1n) is 6.64. The molecule has 1 aliphatic rings. The van der Waals surface area contributed by atoms with Crippen molar-refractivity contribution in [3.63, 3.8) is 0 Å². The smallest absolute Gasteiger partial charge is 0.248 e. The summed E-state index contributed by atoms with van der Waals surface area (Å²) in [6.07, 6.45) is 0.952. The quantitative estimate of drug-likeness (QED) is 0.796. The Balaban J connectivity index is 2.84. The first kappa shape index (κ1) is 15.0. The molecule has 1 saturated heterocycles. The Morgan fingerprint density at radius 1 is 1.44 bits per heavy atom. The second-order valence-electron chi connectivity index (χ2n) is 4.99. The molecule has 0 bridgehead atoms. The molecule has 2 amide bonds. The van der Waals surface area contributed by atoms with Gasteiger partial charge in [-0.3, -0.25) is 9.59 Å². The van der Waals surface area contributed by atoms with Gasteiger partial charge in [0.1, 0.15) is 5.54 Å². The molecule has 1 rings (SSSR count). The lowest BCUT2D eigenvalue weighted by Gasteiger charge is -2.34. The summed E-state index contributed by atoms with van der Waals surface area (Å²) in [7, 11) is 0. The van der Waals surface area contributed by atoms with E-state index in [4.69, 9.17) is 4.74 Å². The number of ether oxygens (including phenoxy) is 1. The van der Waals surface area contributed by atoms with Gasteiger partial charge in [0.2, 0.25) is 11.8 Å². The molecule has 1 heterocycles. The predicted molar refractivity (Wildman–Crippen MR) is 69.1 cm³/mol. The fourth-order valence-electron chi connectivity index (χ4n) is 2.10. The third-order valence-electron chi connectivity index (χ3n) is 3.53. The Morgan fingerprint density at radius 2 is 2.11 bits per heavy atom. The van der Waals surface area contributed by atoms with E-state index in [0.717, 1.165) is 0 Å². The fourth-order valence-corrected chi connectivity index (χ4v) is 2.10. The van der Waals surface area contributed by atoms with Crippen LogP contribution in [0.15, 0.2) is 0 Å². The van der Waals surface area contributed by atoms with Crippen LogP contribution in [0.25, 0.3) is 0 Å². The van der Waals surface area contributed by atoms with E-state index in [1.54, 1.807) is 11.8 Å². The van der Waals surface area contributed by atoms with Crippen LogP contribution in [0.5, 0.6) is 0 Å². The molecule has 0 aromatic carbocycles. The number of amides is 2. The van der Waals surface area contributed by atoms with Crippen LogP contribution >= 0.6 is 0 Å². The van der Waals surface area contributed by atoms with Gasteiger partial charge in [0.25, 0.3) is 0 Å². The minimum atomic E-state index is -0.784. The molecule has 0 aromatic heterocycles. The molecule has 1 aliphatic heterocycles. The van der Waals surface area contributed by atoms with Gasteiger partial charge in [-0.2, -0.15) is 0 Å². The van der Waals surface area contributed by atoms with Gasteiger partial charge in [-0.1, -0.05) is 6.92 Å². The Kier molecular flexibility index (Phi) is 5.14. The van der Waals surface area contributed by atoms with E-state index >= 15 is 0 Å². The molecule has 2 unspecified atom stereocenters. The molecule has 1 fully saturated rings. The van der Waals surface area contributed by atoms with Crippen molar-refractivity contribution in [1.29, 1.82) is 0 Å². The fraction of sp³-hybridized carbons (Fsp3) is 0.846. The highest BCUT2D eigenvalue weighted by Gasteiger charge is 2.40. The average Bonchev–Trinajstić information content (AvgIpc) is 2.45. The van der Waals surface area contributed by atoms with Crippen molar-refractivity contribution in [2.45, 2.75) is 52.1 Å². The molecule has 0 aliphatic carbocycles. The van der Waals surface area contributed by atoms with Crippen LogP contribution in [-0.2, 0) is 14.3 Å². The van der Waals surface area contributed by atoms with E-state index in [1.807, 2.05) is 20.8 Å². The number of hydrogen-bond donors (Lipinski definition) is 1. The molecule has 104 valence electrons. The molecule has 1 N–H and O–H groups in total. The minimum Gasteiger partial charge on any atom is -0.380 e. The SMILES string of the molecule is CCOCC(C)N1CCC(=O)NC(C)(CC)C1=O. The summed E-state index contributed by atoms with van der Waals surface area (Å²) in [6, 6.07) is -0.00368. The highest BCUT2D eigenvalue weighted by atomic mass is 16.5. The molecular weight excluding hydrogens is 232 g/mol. The first-order valence-corrected chi connectivity index (χ1v) is 6.64. The van der Waals surface area contributed by atoms with Crippen LogP contribution in [0.1, 0.15) is 40.5 Å². The second kappa shape index (κ2) is 6.18. The van der Waals surface area contributed by atoms with Gasteiger partial charge in [-0.25, -0.2) is 0 Å². The summed E-state index contributed by atoms with van der Waals surface area (Å²) in [4.78, 5) is 25.9. The Hall–Kier alpha value is -1.10. The van der Waals surface area contributed by atoms with Gasteiger partial charge in [0.05, 0.1) is 12.6 Å². The van der Waals surface area contributed by atoms with Crippen molar-refractivity contribution < 1.29 is 14.3 Å². The maximum Gasteiger partial charge on any atom is 0.248 e. The first-order chi connectivity index (χ1) is 8.44. The molecule has 0 spiro atoms. The number of rotatable bonds is 5. The minimum absolute atomic E-state index is 0.00368. The standard InChI is InChI=1S/C13H24N2O3/c1-5-13(4)12(17)15(8-7-11(16)14-13)10(3)9-18-6-2/h10H,5-9H2,1-4H3,(H,14,16). The second-order valence-corrected chi connectivity index (χ2v) is 4.99. The number of carbonyl (C=O) groups is 2. The summed E-state index contributed by atoms with van der Waals surface area (Å²) in [6.45, 7) is 9.20. The van der Waals surface area contributed by atoms with Crippen molar-refractivity contribution in [3.8, 4) is 0 Å². The zero-order chi connectivity index (χ0) is 13.8. The summed E-state index contributed by atoms with van der Waals surface area (Å²) in [5.41, 5.74) is -0.784. The summed E-state index contributed by atoms with van der Waals surface area (Å²) >= 11 is 0. The largest absolute Gasteiger partial charge is 0.380 e. The molecule has 5 heteroatoms. The van der Waals surface area contributed by atoms with E-state index in [0.29, 0.717) is 32.6 Å². The summed E-state index contributed by atoms with van der Waals surface area (Å²) in [5.74, 6) is -0.0677. The van der Waals surface area contributed by atoms with Gasteiger partial charge in [-0.05, 0) is 27.2 Å². The molecule has 2 atom stereocenters. The lowest BCUT2D eigenvalue weighted by molar-refractivity contribution is -0.141. The number of hydrogen-bond acceptors (Lipinski definition) is 3. The van der Waals surface area contributed by atoms with Crippen LogP contribution in [0.3, 0.4) is 0 Å². The molecular formula is C13H24N2O3. The summed E-state index contributed by atoms with van der Waals surface area (Å²) < 4.78 is 5.37. The van der Waals surface area contributed by atoms with Gasteiger partial charge in [0.15, 0.2) is 0 Å². The molecule has 5 nitrogen and oxygen atoms in total. The van der Waals surface area contributed by atoms with Crippen LogP contribution in [0.4, 0.5) is 0 Å². The Bertz CT molecular complexity index is 319. The third kappa shape index (κ3) is 3.22. The number of nitrogens with one attached hydrogen (secondary N) is 1. The molecule has 0 saturated carbocycles. The van der Waals surface area contributed by atoms with Gasteiger partial charge in [0, 0.05) is 19.6 Å². The topological polar surface area (TPSA) is 58.6 Å². The maximum atomic E-state index is 12.5. The van der Waals surface area contributed by atoms with Gasteiger partial charge in [-0.15, -0.1) is 0 Å². The van der Waals surface area contributed by atoms with Crippen LogP contribution in [-0.4, -0.2) is 48.1 Å². The van der Waals surface area contributed by atoms with Gasteiger partial charge >= 0.3 is 0 Å². The third-order valence-corrected chi connectivity index (χ3v) is 3.53. The Labute approximate surface area is 109 Å². The predicted octanol–water partition coefficient (Wildman–Crippen LogP) is 0.929. The van der Waals surface area contributed by atoms with E-state index in [-0.39, 0.29) is 17.9 Å². The van der Waals surface area contributed by atoms with E-state index < -0.39 is 5.54 Å². The lowest BCUT2D eigenvalue weighted by Crippen LogP contribution is -2.56.